The van der Waals surface area contributed by atoms with Crippen LogP contribution in [0.3, 0.4) is 0 Å². The Bertz CT molecular complexity index is 782. The number of rotatable bonds is 5. The fourth-order valence-corrected chi connectivity index (χ4v) is 2.60. The zero-order valence-corrected chi connectivity index (χ0v) is 13.4. The molecule has 6 heteroatoms. The van der Waals surface area contributed by atoms with Crippen LogP contribution < -0.4 is 0 Å². The van der Waals surface area contributed by atoms with E-state index in [1.54, 1.807) is 23.1 Å². The minimum atomic E-state index is -0.264. The highest BCUT2D eigenvalue weighted by Gasteiger charge is 2.19. The van der Waals surface area contributed by atoms with Gasteiger partial charge in [-0.1, -0.05) is 17.3 Å². The van der Waals surface area contributed by atoms with E-state index < -0.39 is 0 Å². The van der Waals surface area contributed by atoms with Crippen molar-refractivity contribution in [1.82, 2.24) is 19.8 Å². The lowest BCUT2D eigenvalue weighted by molar-refractivity contribution is 0.241. The molecule has 2 heterocycles. The maximum Gasteiger partial charge on any atom is 0.132 e. The fraction of sp³-hybridized carbons (Fsp3) is 0.294. The first-order valence-electron chi connectivity index (χ1n) is 7.44. The predicted octanol–water partition coefficient (Wildman–Crippen LogP) is 3.41. The molecular formula is C17H19FN4O. The second kappa shape index (κ2) is 6.34. The minimum Gasteiger partial charge on any atom is -0.364 e. The molecule has 0 fully saturated rings. The minimum absolute atomic E-state index is 0.0856. The van der Waals surface area contributed by atoms with Crippen LogP contribution in [-0.2, 0) is 13.6 Å². The van der Waals surface area contributed by atoms with E-state index in [0.29, 0.717) is 17.8 Å². The Kier molecular flexibility index (Phi) is 4.25. The monoisotopic (exact) mass is 314 g/mol. The van der Waals surface area contributed by atoms with Gasteiger partial charge in [0.2, 0.25) is 0 Å². The normalized spacial score (nSPS) is 12.7. The van der Waals surface area contributed by atoms with Crippen molar-refractivity contribution in [3.8, 4) is 11.3 Å². The third-order valence-electron chi connectivity index (χ3n) is 4.00. The van der Waals surface area contributed by atoms with Crippen LogP contribution in [0.5, 0.6) is 0 Å². The zero-order chi connectivity index (χ0) is 16.4. The number of nitrogens with zero attached hydrogens (tertiary/aromatic N) is 4. The predicted molar refractivity (Wildman–Crippen MR) is 85.0 cm³/mol. The summed E-state index contributed by atoms with van der Waals surface area (Å²) in [4.78, 5) is 2.12. The Balaban J connectivity index is 1.88. The molecule has 0 N–H and O–H groups in total. The van der Waals surface area contributed by atoms with Gasteiger partial charge in [-0.15, -0.1) is 0 Å². The molecule has 0 bridgehead atoms. The molecule has 0 aliphatic heterocycles. The highest BCUT2D eigenvalue weighted by molar-refractivity contribution is 5.63. The topological polar surface area (TPSA) is 47.1 Å². The summed E-state index contributed by atoms with van der Waals surface area (Å²) in [6.07, 6.45) is 3.49. The maximum atomic E-state index is 14.1. The highest BCUT2D eigenvalue weighted by Crippen LogP contribution is 2.27. The summed E-state index contributed by atoms with van der Waals surface area (Å²) in [5, 5.41) is 8.41. The average Bonchev–Trinajstić information content (AvgIpc) is 3.17. The lowest BCUT2D eigenvalue weighted by Gasteiger charge is -2.22. The van der Waals surface area contributed by atoms with Gasteiger partial charge >= 0.3 is 0 Å². The van der Waals surface area contributed by atoms with Crippen molar-refractivity contribution in [3.05, 3.63) is 59.9 Å². The number of aryl methyl sites for hydroxylation is 1. The summed E-state index contributed by atoms with van der Waals surface area (Å²) in [6.45, 7) is 2.68. The molecule has 5 nitrogen and oxygen atoms in total. The van der Waals surface area contributed by atoms with Crippen LogP contribution in [0.4, 0.5) is 4.39 Å². The van der Waals surface area contributed by atoms with Crippen LogP contribution >= 0.6 is 0 Å². The van der Waals surface area contributed by atoms with Gasteiger partial charge in [0.05, 0.1) is 11.7 Å². The van der Waals surface area contributed by atoms with Crippen LogP contribution in [0.2, 0.25) is 0 Å². The molecule has 0 aliphatic rings. The Hall–Kier alpha value is -2.47. The van der Waals surface area contributed by atoms with Gasteiger partial charge in [-0.05, 0) is 26.1 Å². The van der Waals surface area contributed by atoms with E-state index in [1.165, 1.54) is 6.07 Å². The van der Waals surface area contributed by atoms with Crippen molar-refractivity contribution in [3.63, 3.8) is 0 Å². The molecule has 0 saturated carbocycles. The Labute approximate surface area is 134 Å². The number of benzene rings is 1. The van der Waals surface area contributed by atoms with Gasteiger partial charge in [0.1, 0.15) is 17.8 Å². The summed E-state index contributed by atoms with van der Waals surface area (Å²) in [5.41, 5.74) is 3.02. The Morgan fingerprint density at radius 1 is 1.30 bits per heavy atom. The second-order valence-electron chi connectivity index (χ2n) is 5.67. The quantitative estimate of drug-likeness (QED) is 0.724. The fourth-order valence-electron chi connectivity index (χ4n) is 2.60. The first-order valence-corrected chi connectivity index (χ1v) is 7.44. The molecule has 0 radical (unpaired) electrons. The molecule has 0 unspecified atom stereocenters. The van der Waals surface area contributed by atoms with E-state index in [9.17, 15) is 4.39 Å². The van der Waals surface area contributed by atoms with E-state index >= 15 is 0 Å². The lowest BCUT2D eigenvalue weighted by atomic mass is 10.1. The lowest BCUT2D eigenvalue weighted by Crippen LogP contribution is -2.22. The van der Waals surface area contributed by atoms with Crippen LogP contribution in [-0.4, -0.2) is 26.9 Å². The van der Waals surface area contributed by atoms with Crippen LogP contribution in [0.1, 0.15) is 24.2 Å². The summed E-state index contributed by atoms with van der Waals surface area (Å²) in [6, 6.07) is 8.64. The second-order valence-corrected chi connectivity index (χ2v) is 5.67. The number of aromatic nitrogens is 3. The van der Waals surface area contributed by atoms with E-state index in [-0.39, 0.29) is 11.9 Å². The molecule has 120 valence electrons. The van der Waals surface area contributed by atoms with E-state index in [2.05, 4.69) is 22.1 Å². The van der Waals surface area contributed by atoms with Crippen molar-refractivity contribution < 1.29 is 8.91 Å². The first-order chi connectivity index (χ1) is 11.1. The third-order valence-corrected chi connectivity index (χ3v) is 4.00. The van der Waals surface area contributed by atoms with Crippen molar-refractivity contribution in [2.75, 3.05) is 7.05 Å². The van der Waals surface area contributed by atoms with E-state index in [4.69, 9.17) is 4.52 Å². The van der Waals surface area contributed by atoms with Gasteiger partial charge < -0.3 is 4.52 Å². The van der Waals surface area contributed by atoms with Gasteiger partial charge in [0, 0.05) is 37.0 Å². The van der Waals surface area contributed by atoms with E-state index in [0.717, 1.165) is 11.3 Å². The third kappa shape index (κ3) is 3.17. The molecular weight excluding hydrogens is 295 g/mol. The van der Waals surface area contributed by atoms with Gasteiger partial charge in [-0.25, -0.2) is 4.39 Å². The van der Waals surface area contributed by atoms with Crippen LogP contribution in [0.15, 0.2) is 47.3 Å². The summed E-state index contributed by atoms with van der Waals surface area (Å²) in [5.74, 6) is -0.264. The standard InChI is InChI=1S/C17H19FN4O/c1-12(16-8-9-23-20-16)21(2)10-13-11-22(3)19-17(13)14-6-4-5-7-15(14)18/h4-9,11-12H,10H2,1-3H3/t12-/m1/s1. The molecule has 3 rings (SSSR count). The molecule has 0 spiro atoms. The molecule has 23 heavy (non-hydrogen) atoms. The largest absolute Gasteiger partial charge is 0.364 e. The number of halogens is 1. The van der Waals surface area contributed by atoms with Gasteiger partial charge in [0.15, 0.2) is 0 Å². The van der Waals surface area contributed by atoms with Crippen molar-refractivity contribution >= 4 is 0 Å². The molecule has 0 aliphatic carbocycles. The van der Waals surface area contributed by atoms with Crippen molar-refractivity contribution in [1.29, 1.82) is 0 Å². The van der Waals surface area contributed by atoms with Gasteiger partial charge in [-0.3, -0.25) is 9.58 Å². The molecule has 2 aromatic heterocycles. The number of hydrogen-bond acceptors (Lipinski definition) is 4. The first kappa shape index (κ1) is 15.4. The van der Waals surface area contributed by atoms with Crippen molar-refractivity contribution in [2.45, 2.75) is 19.5 Å². The van der Waals surface area contributed by atoms with Gasteiger partial charge in [0.25, 0.3) is 0 Å². The molecule has 0 amide bonds. The summed E-state index contributed by atoms with van der Waals surface area (Å²) in [7, 11) is 3.84. The molecule has 0 saturated heterocycles. The van der Waals surface area contributed by atoms with Crippen molar-refractivity contribution in [2.24, 2.45) is 7.05 Å². The Morgan fingerprint density at radius 2 is 2.09 bits per heavy atom. The average molecular weight is 314 g/mol. The summed E-state index contributed by atoms with van der Waals surface area (Å²) < 4.78 is 20.7. The van der Waals surface area contributed by atoms with Gasteiger partial charge in [-0.2, -0.15) is 5.10 Å². The summed E-state index contributed by atoms with van der Waals surface area (Å²) >= 11 is 0. The highest BCUT2D eigenvalue weighted by atomic mass is 19.1. The Morgan fingerprint density at radius 3 is 2.78 bits per heavy atom. The maximum absolute atomic E-state index is 14.1. The number of hydrogen-bond donors (Lipinski definition) is 0. The zero-order valence-electron chi connectivity index (χ0n) is 13.4. The molecule has 1 atom stereocenters. The van der Waals surface area contributed by atoms with Crippen LogP contribution in [0.25, 0.3) is 11.3 Å². The van der Waals surface area contributed by atoms with Crippen LogP contribution in [0, 0.1) is 5.82 Å². The molecule has 3 aromatic rings. The molecule has 1 aromatic carbocycles. The SMILES string of the molecule is C[C@H](c1ccon1)N(C)Cc1cn(C)nc1-c1ccccc1F. The smallest absolute Gasteiger partial charge is 0.132 e. The van der Waals surface area contributed by atoms with E-state index in [1.807, 2.05) is 32.4 Å².